The van der Waals surface area contributed by atoms with Crippen molar-refractivity contribution >= 4 is 39.7 Å². The Balaban J connectivity index is 2.07. The molecule has 0 saturated heterocycles. The SMILES string of the molecule is C/C=C/c1ccc(/C(=C(/CC)c2ccccc2C(F)(F)F)c2[nH]c3ccccc3c2Cl)cc1. The molecule has 4 rings (SSSR count). The summed E-state index contributed by atoms with van der Waals surface area (Å²) in [7, 11) is 0. The van der Waals surface area contributed by atoms with E-state index in [4.69, 9.17) is 11.6 Å². The third kappa shape index (κ3) is 4.49. The number of aromatic amines is 1. The van der Waals surface area contributed by atoms with Crippen molar-refractivity contribution in [1.82, 2.24) is 4.98 Å². The first-order valence-electron chi connectivity index (χ1n) is 10.7. The zero-order chi connectivity index (χ0) is 23.6. The van der Waals surface area contributed by atoms with Gasteiger partial charge < -0.3 is 4.98 Å². The van der Waals surface area contributed by atoms with Crippen LogP contribution in [0.1, 0.15) is 48.2 Å². The van der Waals surface area contributed by atoms with Crippen LogP contribution < -0.4 is 0 Å². The Labute approximate surface area is 196 Å². The van der Waals surface area contributed by atoms with Crippen molar-refractivity contribution in [2.75, 3.05) is 0 Å². The zero-order valence-corrected chi connectivity index (χ0v) is 19.1. The predicted molar refractivity (Wildman–Crippen MR) is 132 cm³/mol. The average Bonchev–Trinajstić information content (AvgIpc) is 3.14. The van der Waals surface area contributed by atoms with E-state index in [9.17, 15) is 13.2 Å². The van der Waals surface area contributed by atoms with E-state index in [1.807, 2.05) is 74.5 Å². The molecular weight excluding hydrogens is 443 g/mol. The molecule has 0 aliphatic rings. The van der Waals surface area contributed by atoms with Gasteiger partial charge in [0.25, 0.3) is 0 Å². The van der Waals surface area contributed by atoms with Crippen LogP contribution in [-0.2, 0) is 6.18 Å². The van der Waals surface area contributed by atoms with Gasteiger partial charge in [0.05, 0.1) is 16.3 Å². The number of hydrogen-bond acceptors (Lipinski definition) is 0. The highest BCUT2D eigenvalue weighted by atomic mass is 35.5. The van der Waals surface area contributed by atoms with Crippen molar-refractivity contribution < 1.29 is 13.2 Å². The molecule has 0 fully saturated rings. The van der Waals surface area contributed by atoms with E-state index < -0.39 is 11.7 Å². The monoisotopic (exact) mass is 465 g/mol. The third-order valence-corrected chi connectivity index (χ3v) is 6.06. The van der Waals surface area contributed by atoms with E-state index in [0.29, 0.717) is 28.3 Å². The fourth-order valence-corrected chi connectivity index (χ4v) is 4.50. The number of aromatic nitrogens is 1. The number of nitrogens with one attached hydrogen (secondary N) is 1. The van der Waals surface area contributed by atoms with E-state index >= 15 is 0 Å². The van der Waals surface area contributed by atoms with Crippen LogP contribution in [0.4, 0.5) is 13.2 Å². The van der Waals surface area contributed by atoms with Crippen LogP contribution in [0.2, 0.25) is 5.02 Å². The molecule has 5 heteroatoms. The van der Waals surface area contributed by atoms with Crippen LogP contribution in [0.3, 0.4) is 0 Å². The molecule has 33 heavy (non-hydrogen) atoms. The Morgan fingerprint density at radius 1 is 0.939 bits per heavy atom. The molecule has 0 spiro atoms. The summed E-state index contributed by atoms with van der Waals surface area (Å²) in [5.41, 5.74) is 4.01. The van der Waals surface area contributed by atoms with E-state index in [1.54, 1.807) is 6.07 Å². The highest BCUT2D eigenvalue weighted by molar-refractivity contribution is 6.38. The molecule has 0 aliphatic heterocycles. The van der Waals surface area contributed by atoms with Crippen molar-refractivity contribution in [3.63, 3.8) is 0 Å². The lowest BCUT2D eigenvalue weighted by Gasteiger charge is -2.19. The van der Waals surface area contributed by atoms with Crippen LogP contribution in [0.15, 0.2) is 78.9 Å². The van der Waals surface area contributed by atoms with Gasteiger partial charge in [-0.25, -0.2) is 0 Å². The summed E-state index contributed by atoms with van der Waals surface area (Å²) in [4.78, 5) is 3.36. The minimum atomic E-state index is -4.47. The van der Waals surface area contributed by atoms with Gasteiger partial charge in [-0.15, -0.1) is 0 Å². The molecule has 3 aromatic carbocycles. The van der Waals surface area contributed by atoms with Gasteiger partial charge in [0, 0.05) is 16.5 Å². The molecule has 0 bridgehead atoms. The molecule has 1 heterocycles. The number of allylic oxidation sites excluding steroid dienone is 2. The number of para-hydroxylation sites is 1. The van der Waals surface area contributed by atoms with Gasteiger partial charge in [0.15, 0.2) is 0 Å². The van der Waals surface area contributed by atoms with Crippen LogP contribution in [0.5, 0.6) is 0 Å². The van der Waals surface area contributed by atoms with E-state index in [-0.39, 0.29) is 5.56 Å². The molecule has 4 aromatic rings. The topological polar surface area (TPSA) is 15.8 Å². The van der Waals surface area contributed by atoms with Crippen molar-refractivity contribution in [2.24, 2.45) is 0 Å². The number of hydrogen-bond donors (Lipinski definition) is 1. The number of rotatable bonds is 5. The summed E-state index contributed by atoms with van der Waals surface area (Å²) in [5.74, 6) is 0. The first-order valence-corrected chi connectivity index (χ1v) is 11.1. The summed E-state index contributed by atoms with van der Waals surface area (Å²) in [6.07, 6.45) is -0.160. The summed E-state index contributed by atoms with van der Waals surface area (Å²) >= 11 is 6.80. The molecule has 1 aromatic heterocycles. The van der Waals surface area contributed by atoms with Gasteiger partial charge in [-0.05, 0) is 47.7 Å². The van der Waals surface area contributed by atoms with Gasteiger partial charge in [-0.3, -0.25) is 0 Å². The second kappa shape index (κ2) is 9.32. The Morgan fingerprint density at radius 3 is 2.24 bits per heavy atom. The molecule has 0 aliphatic carbocycles. The van der Waals surface area contributed by atoms with Crippen LogP contribution >= 0.6 is 11.6 Å². The minimum Gasteiger partial charge on any atom is -0.353 e. The summed E-state index contributed by atoms with van der Waals surface area (Å²) < 4.78 is 41.8. The van der Waals surface area contributed by atoms with Crippen molar-refractivity contribution in [3.8, 4) is 0 Å². The number of alkyl halides is 3. The second-order valence-electron chi connectivity index (χ2n) is 7.73. The van der Waals surface area contributed by atoms with Crippen LogP contribution in [0.25, 0.3) is 28.1 Å². The molecule has 1 nitrogen and oxygen atoms in total. The quantitative estimate of drug-likeness (QED) is 0.283. The molecule has 1 N–H and O–H groups in total. The van der Waals surface area contributed by atoms with Gasteiger partial charge >= 0.3 is 6.18 Å². The lowest BCUT2D eigenvalue weighted by atomic mass is 9.88. The molecule has 168 valence electrons. The van der Waals surface area contributed by atoms with Crippen molar-refractivity contribution in [1.29, 1.82) is 0 Å². The molecular formula is C28H23ClF3N. The Hall–Kier alpha value is -3.24. The Bertz CT molecular complexity index is 1340. The van der Waals surface area contributed by atoms with Gasteiger partial charge in [-0.1, -0.05) is 91.3 Å². The van der Waals surface area contributed by atoms with Crippen molar-refractivity contribution in [2.45, 2.75) is 26.4 Å². The number of benzene rings is 3. The number of halogens is 4. The molecule has 0 radical (unpaired) electrons. The van der Waals surface area contributed by atoms with E-state index in [0.717, 1.165) is 28.1 Å². The minimum absolute atomic E-state index is 0.162. The normalized spacial score (nSPS) is 13.0. The van der Waals surface area contributed by atoms with E-state index in [1.165, 1.54) is 12.1 Å². The van der Waals surface area contributed by atoms with Crippen LogP contribution in [-0.4, -0.2) is 4.98 Å². The largest absolute Gasteiger partial charge is 0.416 e. The summed E-state index contributed by atoms with van der Waals surface area (Å²) in [6.45, 7) is 3.81. The maximum Gasteiger partial charge on any atom is 0.416 e. The average molecular weight is 466 g/mol. The fourth-order valence-electron chi connectivity index (χ4n) is 4.20. The van der Waals surface area contributed by atoms with Gasteiger partial charge in [-0.2, -0.15) is 13.2 Å². The first kappa shape index (κ1) is 22.9. The third-order valence-electron chi connectivity index (χ3n) is 5.66. The summed E-state index contributed by atoms with van der Waals surface area (Å²) in [5, 5.41) is 1.32. The predicted octanol–water partition coefficient (Wildman–Crippen LogP) is 9.24. The summed E-state index contributed by atoms with van der Waals surface area (Å²) in [6, 6.07) is 21.1. The Kier molecular flexibility index (Phi) is 6.48. The molecule has 0 atom stereocenters. The van der Waals surface area contributed by atoms with Crippen LogP contribution in [0, 0.1) is 0 Å². The first-order chi connectivity index (χ1) is 15.8. The zero-order valence-electron chi connectivity index (χ0n) is 18.3. The molecule has 0 amide bonds. The van der Waals surface area contributed by atoms with Gasteiger partial charge in [0.2, 0.25) is 0 Å². The fraction of sp³-hybridized carbons (Fsp3) is 0.143. The maximum absolute atomic E-state index is 13.9. The number of fused-ring (bicyclic) bond motifs is 1. The highest BCUT2D eigenvalue weighted by Gasteiger charge is 2.34. The smallest absolute Gasteiger partial charge is 0.353 e. The highest BCUT2D eigenvalue weighted by Crippen LogP contribution is 2.43. The lowest BCUT2D eigenvalue weighted by molar-refractivity contribution is -0.137. The standard InChI is InChI=1S/C28H23ClF3N/c1-3-9-18-14-16-19(17-15-18)25(27-26(29)22-11-6-8-13-24(22)33-27)20(4-2)21-10-5-7-12-23(21)28(30,31)32/h3,5-17,33H,4H2,1-2H3/b9-3+,25-20+. The Morgan fingerprint density at radius 2 is 1.61 bits per heavy atom. The molecule has 0 saturated carbocycles. The second-order valence-corrected chi connectivity index (χ2v) is 8.11. The van der Waals surface area contributed by atoms with Crippen molar-refractivity contribution in [3.05, 3.63) is 112 Å². The molecule has 0 unspecified atom stereocenters. The van der Waals surface area contributed by atoms with Gasteiger partial charge in [0.1, 0.15) is 0 Å². The number of H-pyrrole nitrogens is 1. The van der Waals surface area contributed by atoms with E-state index in [2.05, 4.69) is 4.98 Å². The lowest BCUT2D eigenvalue weighted by Crippen LogP contribution is -2.09. The maximum atomic E-state index is 13.9.